The Morgan fingerprint density at radius 2 is 1.65 bits per heavy atom. The van der Waals surface area contributed by atoms with Crippen LogP contribution in [-0.4, -0.2) is 38.2 Å². The van der Waals surface area contributed by atoms with Crippen LogP contribution in [0.15, 0.2) is 42.5 Å². The average Bonchev–Trinajstić information content (AvgIpc) is 2.67. The zero-order valence-electron chi connectivity index (χ0n) is 15.5. The third-order valence-electron chi connectivity index (χ3n) is 4.68. The van der Waals surface area contributed by atoms with Crippen LogP contribution in [0.1, 0.15) is 30.5 Å². The van der Waals surface area contributed by atoms with Crippen molar-refractivity contribution in [3.8, 4) is 17.2 Å². The predicted octanol–water partition coefficient (Wildman–Crippen LogP) is 3.62. The fourth-order valence-corrected chi connectivity index (χ4v) is 3.34. The SMILES string of the molecule is CCCN1C(=O)Cc2cc(OC)ccc2C1COc1ccc(OC)cc1. The molecular formula is C21H25NO4. The summed E-state index contributed by atoms with van der Waals surface area (Å²) in [6.45, 7) is 3.22. The van der Waals surface area contributed by atoms with E-state index in [-0.39, 0.29) is 11.9 Å². The lowest BCUT2D eigenvalue weighted by molar-refractivity contribution is -0.134. The molecule has 0 saturated carbocycles. The van der Waals surface area contributed by atoms with Crippen LogP contribution in [-0.2, 0) is 11.2 Å². The highest BCUT2D eigenvalue weighted by Gasteiger charge is 2.32. The lowest BCUT2D eigenvalue weighted by Crippen LogP contribution is -2.43. The predicted molar refractivity (Wildman–Crippen MR) is 99.9 cm³/mol. The molecule has 138 valence electrons. The van der Waals surface area contributed by atoms with Crippen LogP contribution in [0.2, 0.25) is 0 Å². The summed E-state index contributed by atoms with van der Waals surface area (Å²) in [6.07, 6.45) is 1.32. The number of hydrogen-bond acceptors (Lipinski definition) is 4. The molecule has 1 aliphatic heterocycles. The quantitative estimate of drug-likeness (QED) is 0.761. The summed E-state index contributed by atoms with van der Waals surface area (Å²) in [5, 5.41) is 0. The molecule has 0 aliphatic carbocycles. The highest BCUT2D eigenvalue weighted by atomic mass is 16.5. The minimum absolute atomic E-state index is 0.0980. The molecule has 1 amide bonds. The molecule has 1 heterocycles. The Morgan fingerprint density at radius 3 is 2.31 bits per heavy atom. The van der Waals surface area contributed by atoms with Crippen molar-refractivity contribution in [2.45, 2.75) is 25.8 Å². The van der Waals surface area contributed by atoms with Gasteiger partial charge in [0, 0.05) is 6.54 Å². The maximum atomic E-state index is 12.7. The highest BCUT2D eigenvalue weighted by molar-refractivity contribution is 5.82. The minimum Gasteiger partial charge on any atom is -0.497 e. The van der Waals surface area contributed by atoms with Gasteiger partial charge in [0.25, 0.3) is 0 Å². The largest absolute Gasteiger partial charge is 0.497 e. The van der Waals surface area contributed by atoms with Gasteiger partial charge in [-0.2, -0.15) is 0 Å². The highest BCUT2D eigenvalue weighted by Crippen LogP contribution is 2.33. The molecule has 2 aromatic carbocycles. The van der Waals surface area contributed by atoms with Crippen LogP contribution in [0.25, 0.3) is 0 Å². The summed E-state index contributed by atoms with van der Waals surface area (Å²) >= 11 is 0. The van der Waals surface area contributed by atoms with E-state index in [1.54, 1.807) is 14.2 Å². The van der Waals surface area contributed by atoms with E-state index in [9.17, 15) is 4.79 Å². The van der Waals surface area contributed by atoms with Gasteiger partial charge >= 0.3 is 0 Å². The molecule has 1 atom stereocenters. The van der Waals surface area contributed by atoms with Crippen molar-refractivity contribution < 1.29 is 19.0 Å². The molecule has 0 N–H and O–H groups in total. The molecule has 2 aromatic rings. The zero-order chi connectivity index (χ0) is 18.5. The number of amides is 1. The third kappa shape index (κ3) is 3.77. The standard InChI is InChI=1S/C21H25NO4/c1-4-11-22-20(14-26-17-7-5-16(24-2)6-8-17)19-10-9-18(25-3)12-15(19)13-21(22)23/h5-10,12,20H,4,11,13-14H2,1-3H3. The van der Waals surface area contributed by atoms with Gasteiger partial charge in [-0.15, -0.1) is 0 Å². The second-order valence-corrected chi connectivity index (χ2v) is 6.33. The summed E-state index contributed by atoms with van der Waals surface area (Å²) in [6, 6.07) is 13.3. The van der Waals surface area contributed by atoms with Gasteiger partial charge in [-0.05, 0) is 53.9 Å². The number of fused-ring (bicyclic) bond motifs is 1. The molecular weight excluding hydrogens is 330 g/mol. The first-order valence-electron chi connectivity index (χ1n) is 8.89. The molecule has 5 nitrogen and oxygen atoms in total. The number of nitrogens with zero attached hydrogens (tertiary/aromatic N) is 1. The summed E-state index contributed by atoms with van der Waals surface area (Å²) < 4.78 is 16.5. The molecule has 0 radical (unpaired) electrons. The molecule has 0 saturated heterocycles. The van der Waals surface area contributed by atoms with Crippen molar-refractivity contribution in [2.75, 3.05) is 27.4 Å². The van der Waals surface area contributed by atoms with Crippen LogP contribution in [0.5, 0.6) is 17.2 Å². The summed E-state index contributed by atoms with van der Waals surface area (Å²) in [5.41, 5.74) is 2.15. The van der Waals surface area contributed by atoms with Crippen LogP contribution in [0, 0.1) is 0 Å². The van der Waals surface area contributed by atoms with Crippen molar-refractivity contribution in [2.24, 2.45) is 0 Å². The fourth-order valence-electron chi connectivity index (χ4n) is 3.34. The van der Waals surface area contributed by atoms with Gasteiger partial charge < -0.3 is 19.1 Å². The smallest absolute Gasteiger partial charge is 0.227 e. The normalized spacial score (nSPS) is 16.2. The molecule has 0 fully saturated rings. The van der Waals surface area contributed by atoms with Crippen LogP contribution >= 0.6 is 0 Å². The molecule has 0 aromatic heterocycles. The van der Waals surface area contributed by atoms with E-state index in [4.69, 9.17) is 14.2 Å². The molecule has 3 rings (SSSR count). The summed E-state index contributed by atoms with van der Waals surface area (Å²) in [5.74, 6) is 2.46. The Balaban J connectivity index is 1.84. The van der Waals surface area contributed by atoms with Crippen molar-refractivity contribution in [1.29, 1.82) is 0 Å². The number of ether oxygens (including phenoxy) is 3. The number of rotatable bonds is 7. The van der Waals surface area contributed by atoms with E-state index < -0.39 is 0 Å². The van der Waals surface area contributed by atoms with Gasteiger partial charge in [-0.25, -0.2) is 0 Å². The minimum atomic E-state index is -0.0980. The topological polar surface area (TPSA) is 48.0 Å². The van der Waals surface area contributed by atoms with E-state index in [1.807, 2.05) is 47.4 Å². The fraction of sp³-hybridized carbons (Fsp3) is 0.381. The molecule has 1 unspecified atom stereocenters. The zero-order valence-corrected chi connectivity index (χ0v) is 15.5. The second-order valence-electron chi connectivity index (χ2n) is 6.33. The van der Waals surface area contributed by atoms with Gasteiger partial charge in [0.05, 0.1) is 26.7 Å². The lowest BCUT2D eigenvalue weighted by Gasteiger charge is -2.37. The number of carbonyl (C=O) groups is 1. The van der Waals surface area contributed by atoms with Crippen molar-refractivity contribution >= 4 is 5.91 Å². The molecule has 5 heteroatoms. The molecule has 0 bridgehead atoms. The second kappa shape index (κ2) is 8.13. The first-order chi connectivity index (χ1) is 12.7. The Kier molecular flexibility index (Phi) is 5.66. The van der Waals surface area contributed by atoms with Crippen LogP contribution in [0.3, 0.4) is 0 Å². The Morgan fingerprint density at radius 1 is 1.00 bits per heavy atom. The van der Waals surface area contributed by atoms with E-state index in [0.717, 1.165) is 41.3 Å². The summed E-state index contributed by atoms with van der Waals surface area (Å²) in [7, 11) is 3.28. The maximum absolute atomic E-state index is 12.7. The number of benzene rings is 2. The Labute approximate surface area is 154 Å². The summed E-state index contributed by atoms with van der Waals surface area (Å²) in [4.78, 5) is 14.6. The number of methoxy groups -OCH3 is 2. The van der Waals surface area contributed by atoms with Gasteiger partial charge in [-0.1, -0.05) is 13.0 Å². The van der Waals surface area contributed by atoms with E-state index >= 15 is 0 Å². The van der Waals surface area contributed by atoms with Crippen LogP contribution in [0.4, 0.5) is 0 Å². The van der Waals surface area contributed by atoms with Gasteiger partial charge in [0.1, 0.15) is 23.9 Å². The van der Waals surface area contributed by atoms with Gasteiger partial charge in [0.2, 0.25) is 5.91 Å². The molecule has 1 aliphatic rings. The van der Waals surface area contributed by atoms with Crippen LogP contribution < -0.4 is 14.2 Å². The van der Waals surface area contributed by atoms with E-state index in [0.29, 0.717) is 13.0 Å². The number of carbonyl (C=O) groups excluding carboxylic acids is 1. The molecule has 0 spiro atoms. The average molecular weight is 355 g/mol. The Bertz CT molecular complexity index is 757. The maximum Gasteiger partial charge on any atom is 0.227 e. The first-order valence-corrected chi connectivity index (χ1v) is 8.89. The van der Waals surface area contributed by atoms with Crippen molar-refractivity contribution in [3.63, 3.8) is 0 Å². The van der Waals surface area contributed by atoms with Crippen molar-refractivity contribution in [1.82, 2.24) is 4.90 Å². The van der Waals surface area contributed by atoms with Gasteiger partial charge in [0.15, 0.2) is 0 Å². The van der Waals surface area contributed by atoms with Crippen molar-refractivity contribution in [3.05, 3.63) is 53.6 Å². The number of hydrogen-bond donors (Lipinski definition) is 0. The van der Waals surface area contributed by atoms with E-state index in [1.165, 1.54) is 0 Å². The molecule has 26 heavy (non-hydrogen) atoms. The van der Waals surface area contributed by atoms with E-state index in [2.05, 4.69) is 6.92 Å². The van der Waals surface area contributed by atoms with Gasteiger partial charge in [-0.3, -0.25) is 4.79 Å². The Hall–Kier alpha value is -2.69. The first kappa shape index (κ1) is 18.1. The third-order valence-corrected chi connectivity index (χ3v) is 4.68. The lowest BCUT2D eigenvalue weighted by atomic mass is 9.92. The monoisotopic (exact) mass is 355 g/mol.